The van der Waals surface area contributed by atoms with Crippen LogP contribution >= 0.6 is 22.9 Å². The number of nitrogens with zero attached hydrogens (tertiary/aromatic N) is 2. The number of hydrogen-bond donors (Lipinski definition) is 0. The van der Waals surface area contributed by atoms with E-state index >= 15 is 0 Å². The van der Waals surface area contributed by atoms with Crippen LogP contribution in [0.2, 0.25) is 0 Å². The summed E-state index contributed by atoms with van der Waals surface area (Å²) in [6, 6.07) is 13.4. The van der Waals surface area contributed by atoms with Crippen molar-refractivity contribution in [3.05, 3.63) is 58.4 Å². The maximum Gasteiger partial charge on any atom is 0.344 e. The lowest BCUT2D eigenvalue weighted by Gasteiger charge is -2.21. The lowest BCUT2D eigenvalue weighted by Crippen LogP contribution is -2.21. The number of rotatable bonds is 5. The topological polar surface area (TPSA) is 53.8 Å². The molecule has 0 fully saturated rings. The molecule has 0 bridgehead atoms. The van der Waals surface area contributed by atoms with Gasteiger partial charge in [0.1, 0.15) is 5.58 Å². The second-order valence-corrected chi connectivity index (χ2v) is 7.55. The number of anilines is 2. The van der Waals surface area contributed by atoms with Gasteiger partial charge < -0.3 is 9.32 Å². The maximum atomic E-state index is 12.8. The molecular weight excluding hydrogens is 467 g/mol. The Kier molecular flexibility index (Phi) is 6.07. The summed E-state index contributed by atoms with van der Waals surface area (Å²) in [6.45, 7) is 9.44. The van der Waals surface area contributed by atoms with Crippen LogP contribution < -0.4 is 13.6 Å². The van der Waals surface area contributed by atoms with Gasteiger partial charge in [-0.1, -0.05) is 12.1 Å². The van der Waals surface area contributed by atoms with E-state index < -0.39 is 0 Å². The van der Waals surface area contributed by atoms with Crippen LogP contribution in [0.4, 0.5) is 11.4 Å². The molecule has 0 radical (unpaired) electrons. The fourth-order valence-corrected chi connectivity index (χ4v) is 3.73. The SMILES string of the molecule is CCN(CC)c1ccc2c(C)c(-c3ccc(N(I)C(C)=O)cc3)c(=O)oc2c1. The third-order valence-corrected chi connectivity index (χ3v) is 6.18. The van der Waals surface area contributed by atoms with Crippen molar-refractivity contribution < 1.29 is 9.21 Å². The highest BCUT2D eigenvalue weighted by Crippen LogP contribution is 2.30. The van der Waals surface area contributed by atoms with E-state index in [1.807, 2.05) is 66.2 Å². The van der Waals surface area contributed by atoms with Gasteiger partial charge in [0, 0.05) is 37.2 Å². The molecule has 28 heavy (non-hydrogen) atoms. The molecule has 6 heteroatoms. The van der Waals surface area contributed by atoms with E-state index in [1.54, 1.807) is 0 Å². The molecule has 0 saturated heterocycles. The monoisotopic (exact) mass is 490 g/mol. The van der Waals surface area contributed by atoms with Crippen molar-refractivity contribution in [1.29, 1.82) is 0 Å². The Morgan fingerprint density at radius 3 is 2.21 bits per heavy atom. The number of carbonyl (C=O) groups is 1. The predicted octanol–water partition coefficient (Wildman–Crippen LogP) is 5.32. The minimum Gasteiger partial charge on any atom is -0.422 e. The lowest BCUT2D eigenvalue weighted by molar-refractivity contribution is -0.115. The Morgan fingerprint density at radius 2 is 1.64 bits per heavy atom. The van der Waals surface area contributed by atoms with Gasteiger partial charge in [-0.3, -0.25) is 7.91 Å². The van der Waals surface area contributed by atoms with Crippen molar-refractivity contribution in [2.45, 2.75) is 27.7 Å². The highest BCUT2D eigenvalue weighted by Gasteiger charge is 2.15. The summed E-state index contributed by atoms with van der Waals surface area (Å²) in [5, 5.41) is 0.925. The highest BCUT2D eigenvalue weighted by atomic mass is 127. The molecule has 3 rings (SSSR count). The zero-order valence-corrected chi connectivity index (χ0v) is 18.6. The van der Waals surface area contributed by atoms with Gasteiger partial charge in [-0.25, -0.2) is 4.79 Å². The molecule has 0 spiro atoms. The van der Waals surface area contributed by atoms with Crippen molar-refractivity contribution in [2.75, 3.05) is 21.1 Å². The quantitative estimate of drug-likeness (QED) is 0.276. The van der Waals surface area contributed by atoms with Gasteiger partial charge >= 0.3 is 5.63 Å². The molecule has 0 unspecified atom stereocenters. The summed E-state index contributed by atoms with van der Waals surface area (Å²) in [4.78, 5) is 26.5. The van der Waals surface area contributed by atoms with Crippen LogP contribution in [-0.2, 0) is 4.79 Å². The molecular formula is C22H23IN2O3. The molecule has 3 aromatic rings. The molecule has 0 aliphatic carbocycles. The van der Waals surface area contributed by atoms with Gasteiger partial charge in [-0.05, 0) is 56.2 Å². The summed E-state index contributed by atoms with van der Waals surface area (Å²) < 4.78 is 7.21. The van der Waals surface area contributed by atoms with Crippen molar-refractivity contribution in [2.24, 2.45) is 0 Å². The Bertz CT molecular complexity index is 1070. The number of aryl methyl sites for hydroxylation is 1. The van der Waals surface area contributed by atoms with Crippen molar-refractivity contribution >= 4 is 51.1 Å². The second-order valence-electron chi connectivity index (χ2n) is 6.59. The van der Waals surface area contributed by atoms with Gasteiger partial charge in [0.15, 0.2) is 0 Å². The first-order chi connectivity index (χ1) is 13.4. The normalized spacial score (nSPS) is 10.9. The Balaban J connectivity index is 2.09. The summed E-state index contributed by atoms with van der Waals surface area (Å²) in [6.07, 6.45) is 0. The van der Waals surface area contributed by atoms with E-state index in [-0.39, 0.29) is 11.5 Å². The van der Waals surface area contributed by atoms with Gasteiger partial charge in [0.05, 0.1) is 34.1 Å². The Labute approximate surface area is 178 Å². The van der Waals surface area contributed by atoms with Crippen LogP contribution in [0.15, 0.2) is 51.7 Å². The van der Waals surface area contributed by atoms with Gasteiger partial charge in [0.2, 0.25) is 5.91 Å². The van der Waals surface area contributed by atoms with Crippen LogP contribution in [0.3, 0.4) is 0 Å². The van der Waals surface area contributed by atoms with Gasteiger partial charge in [0.25, 0.3) is 0 Å². The molecule has 1 amide bonds. The minimum atomic E-state index is -0.354. The van der Waals surface area contributed by atoms with Crippen LogP contribution in [-0.4, -0.2) is 19.0 Å². The minimum absolute atomic E-state index is 0.0567. The standard InChI is InChI=1S/C22H23IN2O3/c1-5-24(6-2)18-11-12-19-14(3)21(22(27)28-20(19)13-18)16-7-9-17(10-8-16)25(23)15(4)26/h7-13H,5-6H2,1-4H3. The molecule has 146 valence electrons. The maximum absolute atomic E-state index is 12.8. The first-order valence-electron chi connectivity index (χ1n) is 9.26. The second kappa shape index (κ2) is 8.34. The lowest BCUT2D eigenvalue weighted by atomic mass is 9.99. The highest BCUT2D eigenvalue weighted by molar-refractivity contribution is 14.1. The van der Waals surface area contributed by atoms with E-state index in [1.165, 1.54) is 10.0 Å². The van der Waals surface area contributed by atoms with E-state index in [2.05, 4.69) is 24.8 Å². The summed E-state index contributed by atoms with van der Waals surface area (Å²) >= 11 is 1.96. The van der Waals surface area contributed by atoms with E-state index in [0.717, 1.165) is 41.0 Å². The molecule has 2 aromatic carbocycles. The number of hydrogen-bond acceptors (Lipinski definition) is 4. The summed E-state index contributed by atoms with van der Waals surface area (Å²) in [5.41, 5.74) is 4.28. The van der Waals surface area contributed by atoms with Crippen LogP contribution in [0, 0.1) is 6.92 Å². The van der Waals surface area contributed by atoms with E-state index in [0.29, 0.717) is 11.1 Å². The Morgan fingerprint density at radius 1 is 1.04 bits per heavy atom. The van der Waals surface area contributed by atoms with Crippen LogP contribution in [0.25, 0.3) is 22.1 Å². The fraction of sp³-hybridized carbons (Fsp3) is 0.273. The van der Waals surface area contributed by atoms with E-state index in [9.17, 15) is 9.59 Å². The largest absolute Gasteiger partial charge is 0.422 e. The third kappa shape index (κ3) is 3.78. The fourth-order valence-electron chi connectivity index (χ4n) is 3.40. The molecule has 0 atom stereocenters. The summed E-state index contributed by atoms with van der Waals surface area (Å²) in [5.74, 6) is -0.0567. The van der Waals surface area contributed by atoms with Crippen molar-refractivity contribution in [3.63, 3.8) is 0 Å². The molecule has 0 saturated carbocycles. The zero-order chi connectivity index (χ0) is 20.4. The smallest absolute Gasteiger partial charge is 0.344 e. The first kappa shape index (κ1) is 20.4. The predicted molar refractivity (Wildman–Crippen MR) is 123 cm³/mol. The number of amides is 1. The number of halogens is 1. The van der Waals surface area contributed by atoms with Gasteiger partial charge in [-0.15, -0.1) is 0 Å². The molecule has 0 N–H and O–H groups in total. The van der Waals surface area contributed by atoms with Crippen molar-refractivity contribution in [3.8, 4) is 11.1 Å². The zero-order valence-electron chi connectivity index (χ0n) is 16.5. The van der Waals surface area contributed by atoms with Gasteiger partial charge in [-0.2, -0.15) is 0 Å². The van der Waals surface area contributed by atoms with Crippen LogP contribution in [0.1, 0.15) is 26.3 Å². The third-order valence-electron chi connectivity index (χ3n) is 4.94. The Hall–Kier alpha value is -2.35. The summed E-state index contributed by atoms with van der Waals surface area (Å²) in [7, 11) is 0. The average molecular weight is 490 g/mol. The number of fused-ring (bicyclic) bond motifs is 1. The molecule has 5 nitrogen and oxygen atoms in total. The number of carbonyl (C=O) groups excluding carboxylic acids is 1. The van der Waals surface area contributed by atoms with Crippen molar-refractivity contribution in [1.82, 2.24) is 0 Å². The molecule has 0 aliphatic rings. The number of benzene rings is 2. The first-order valence-corrected chi connectivity index (χ1v) is 10.2. The molecule has 0 aliphatic heterocycles. The molecule has 1 heterocycles. The average Bonchev–Trinajstić information content (AvgIpc) is 2.68. The van der Waals surface area contributed by atoms with E-state index in [4.69, 9.17) is 4.42 Å². The van der Waals surface area contributed by atoms with Crippen LogP contribution in [0.5, 0.6) is 0 Å². The molecule has 1 aromatic heterocycles.